The molecule has 4 aliphatic rings. The van der Waals surface area contributed by atoms with Gasteiger partial charge in [-0.3, -0.25) is 4.79 Å². The van der Waals surface area contributed by atoms with Crippen molar-refractivity contribution in [3.05, 3.63) is 32.8 Å². The lowest BCUT2D eigenvalue weighted by atomic mass is 9.48. The number of carbonyl (C=O) groups is 1. The van der Waals surface area contributed by atoms with Crippen LogP contribution in [0.3, 0.4) is 0 Å². The lowest BCUT2D eigenvalue weighted by Crippen LogP contribution is -2.50. The van der Waals surface area contributed by atoms with Crippen LogP contribution < -0.4 is 0 Å². The molecule has 4 bridgehead atoms. The number of hydrogen-bond acceptors (Lipinski definition) is 1. The molecule has 5 rings (SSSR count). The van der Waals surface area contributed by atoms with Gasteiger partial charge in [0, 0.05) is 10.4 Å². The molecule has 0 unspecified atom stereocenters. The molecule has 1 nitrogen and oxygen atoms in total. The van der Waals surface area contributed by atoms with Crippen LogP contribution in [-0.4, -0.2) is 5.78 Å². The fourth-order valence-electron chi connectivity index (χ4n) is 5.41. The highest BCUT2D eigenvalue weighted by Crippen LogP contribution is 2.61. The number of hydrogen-bond donors (Lipinski definition) is 0. The molecular formula is C17H17Cl3O. The third-order valence-corrected chi connectivity index (χ3v) is 6.57. The van der Waals surface area contributed by atoms with E-state index in [2.05, 4.69) is 0 Å². The molecule has 0 aromatic heterocycles. The van der Waals surface area contributed by atoms with Gasteiger partial charge in [-0.15, -0.1) is 0 Å². The molecule has 112 valence electrons. The van der Waals surface area contributed by atoms with Gasteiger partial charge in [0.05, 0.1) is 15.6 Å². The Balaban J connectivity index is 1.75. The number of ketones is 1. The molecule has 0 heterocycles. The van der Waals surface area contributed by atoms with Crippen LogP contribution in [0.1, 0.15) is 48.9 Å². The quantitative estimate of drug-likeness (QED) is 0.598. The van der Waals surface area contributed by atoms with Crippen molar-refractivity contribution in [2.45, 2.75) is 38.5 Å². The van der Waals surface area contributed by atoms with Crippen LogP contribution >= 0.6 is 34.8 Å². The molecule has 4 heteroatoms. The van der Waals surface area contributed by atoms with Crippen molar-refractivity contribution in [1.82, 2.24) is 0 Å². The summed E-state index contributed by atoms with van der Waals surface area (Å²) in [6.07, 6.45) is 7.01. The van der Waals surface area contributed by atoms with E-state index in [0.717, 1.165) is 37.0 Å². The van der Waals surface area contributed by atoms with Gasteiger partial charge in [-0.25, -0.2) is 0 Å². The molecule has 1 aromatic rings. The Morgan fingerprint density at radius 2 is 1.33 bits per heavy atom. The topological polar surface area (TPSA) is 17.1 Å². The van der Waals surface area contributed by atoms with E-state index >= 15 is 0 Å². The van der Waals surface area contributed by atoms with Gasteiger partial charge in [0.2, 0.25) is 0 Å². The predicted octanol–water partition coefficient (Wildman–Crippen LogP) is 6.05. The van der Waals surface area contributed by atoms with Gasteiger partial charge in [-0.2, -0.15) is 0 Å². The average molecular weight is 344 g/mol. The number of carbonyl (C=O) groups excluding carboxylic acids is 1. The molecule has 4 aliphatic carbocycles. The summed E-state index contributed by atoms with van der Waals surface area (Å²) in [4.78, 5) is 13.2. The minimum Gasteiger partial charge on any atom is -0.293 e. The highest BCUT2D eigenvalue weighted by molar-refractivity contribution is 6.42. The molecule has 0 spiro atoms. The zero-order valence-electron chi connectivity index (χ0n) is 11.7. The fourth-order valence-corrected chi connectivity index (χ4v) is 6.40. The molecule has 0 amide bonds. The first-order chi connectivity index (χ1) is 9.97. The summed E-state index contributed by atoms with van der Waals surface area (Å²) in [6.45, 7) is 0. The average Bonchev–Trinajstić information content (AvgIpc) is 2.35. The van der Waals surface area contributed by atoms with Gasteiger partial charge in [0.1, 0.15) is 0 Å². The van der Waals surface area contributed by atoms with Crippen molar-refractivity contribution in [3.8, 4) is 0 Å². The SMILES string of the molecule is O=C(c1c(Cl)cc(Cl)cc1Cl)C12CC3CC(CC(C3)C1)C2. The van der Waals surface area contributed by atoms with E-state index in [4.69, 9.17) is 34.8 Å². The van der Waals surface area contributed by atoms with E-state index in [9.17, 15) is 4.79 Å². The van der Waals surface area contributed by atoms with Crippen LogP contribution in [-0.2, 0) is 0 Å². The molecule has 0 aliphatic heterocycles. The maximum Gasteiger partial charge on any atom is 0.172 e. The molecule has 1 aromatic carbocycles. The Kier molecular flexibility index (Phi) is 3.33. The van der Waals surface area contributed by atoms with Gasteiger partial charge in [0.25, 0.3) is 0 Å². The smallest absolute Gasteiger partial charge is 0.172 e. The lowest BCUT2D eigenvalue weighted by Gasteiger charge is -2.56. The Morgan fingerprint density at radius 1 is 0.905 bits per heavy atom. The molecule has 0 saturated heterocycles. The first-order valence-electron chi connectivity index (χ1n) is 7.66. The van der Waals surface area contributed by atoms with E-state index < -0.39 is 0 Å². The van der Waals surface area contributed by atoms with Crippen LogP contribution in [0.25, 0.3) is 0 Å². The highest BCUT2D eigenvalue weighted by Gasteiger charge is 2.55. The summed E-state index contributed by atoms with van der Waals surface area (Å²) >= 11 is 18.5. The molecule has 0 N–H and O–H groups in total. The summed E-state index contributed by atoms with van der Waals surface area (Å²) in [5.41, 5.74) is 0.278. The number of halogens is 3. The van der Waals surface area contributed by atoms with Crippen molar-refractivity contribution >= 4 is 40.6 Å². The predicted molar refractivity (Wildman–Crippen MR) is 86.4 cm³/mol. The number of benzene rings is 1. The summed E-state index contributed by atoms with van der Waals surface area (Å²) < 4.78 is 0. The van der Waals surface area contributed by atoms with Gasteiger partial charge in [0.15, 0.2) is 5.78 Å². The summed E-state index contributed by atoms with van der Waals surface area (Å²) in [7, 11) is 0. The molecule has 4 saturated carbocycles. The monoisotopic (exact) mass is 342 g/mol. The normalized spacial score (nSPS) is 37.0. The first-order valence-corrected chi connectivity index (χ1v) is 8.79. The van der Waals surface area contributed by atoms with Gasteiger partial charge in [-0.05, 0) is 68.4 Å². The van der Waals surface area contributed by atoms with Crippen molar-refractivity contribution in [2.75, 3.05) is 0 Å². The largest absolute Gasteiger partial charge is 0.293 e. The van der Waals surface area contributed by atoms with Gasteiger partial charge >= 0.3 is 0 Å². The minimum absolute atomic E-state index is 0.160. The highest BCUT2D eigenvalue weighted by atomic mass is 35.5. The van der Waals surface area contributed by atoms with Crippen LogP contribution in [0.15, 0.2) is 12.1 Å². The maximum atomic E-state index is 13.2. The minimum atomic E-state index is -0.212. The molecule has 0 radical (unpaired) electrons. The van der Waals surface area contributed by atoms with Crippen LogP contribution in [0.4, 0.5) is 0 Å². The number of Topliss-reactive ketones (excluding diaryl/α,β-unsaturated/α-hetero) is 1. The maximum absolute atomic E-state index is 13.2. The standard InChI is InChI=1S/C17H17Cl3O/c18-12-4-13(19)15(14(20)5-12)16(21)17-6-9-1-10(7-17)3-11(2-9)8-17/h4-5,9-11H,1-3,6-8H2. The zero-order valence-corrected chi connectivity index (χ0v) is 13.9. The second-order valence-corrected chi connectivity index (χ2v) is 8.52. The molecule has 21 heavy (non-hydrogen) atoms. The third-order valence-electron chi connectivity index (χ3n) is 5.75. The van der Waals surface area contributed by atoms with E-state index in [1.165, 1.54) is 19.3 Å². The molecule has 4 fully saturated rings. The first kappa shape index (κ1) is 14.4. The van der Waals surface area contributed by atoms with Crippen LogP contribution in [0, 0.1) is 23.2 Å². The second kappa shape index (κ2) is 4.88. The summed E-state index contributed by atoms with van der Waals surface area (Å²) in [5, 5.41) is 1.27. The Bertz CT molecular complexity index is 564. The van der Waals surface area contributed by atoms with Gasteiger partial charge in [-0.1, -0.05) is 34.8 Å². The van der Waals surface area contributed by atoms with Crippen molar-refractivity contribution < 1.29 is 4.79 Å². The van der Waals surface area contributed by atoms with E-state index in [-0.39, 0.29) is 11.2 Å². The van der Waals surface area contributed by atoms with E-state index in [1.54, 1.807) is 12.1 Å². The zero-order chi connectivity index (χ0) is 14.8. The Hall–Kier alpha value is -0.240. The lowest BCUT2D eigenvalue weighted by molar-refractivity contribution is -0.0352. The van der Waals surface area contributed by atoms with Crippen molar-refractivity contribution in [2.24, 2.45) is 23.2 Å². The van der Waals surface area contributed by atoms with Crippen LogP contribution in [0.5, 0.6) is 0 Å². The summed E-state index contributed by atoms with van der Waals surface area (Å²) in [5.74, 6) is 2.34. The number of rotatable bonds is 2. The third kappa shape index (κ3) is 2.24. The van der Waals surface area contributed by atoms with E-state index in [1.807, 2.05) is 0 Å². The fraction of sp³-hybridized carbons (Fsp3) is 0.588. The Morgan fingerprint density at radius 3 is 1.76 bits per heavy atom. The van der Waals surface area contributed by atoms with Crippen molar-refractivity contribution in [3.63, 3.8) is 0 Å². The second-order valence-electron chi connectivity index (χ2n) is 7.27. The van der Waals surface area contributed by atoms with Gasteiger partial charge < -0.3 is 0 Å². The molecule has 0 atom stereocenters. The summed E-state index contributed by atoms with van der Waals surface area (Å²) in [6, 6.07) is 3.26. The van der Waals surface area contributed by atoms with Crippen LogP contribution in [0.2, 0.25) is 15.1 Å². The molecular weight excluding hydrogens is 327 g/mol. The van der Waals surface area contributed by atoms with Crippen molar-refractivity contribution in [1.29, 1.82) is 0 Å². The van der Waals surface area contributed by atoms with E-state index in [0.29, 0.717) is 20.6 Å². The Labute approximate surface area is 139 Å².